The molecule has 106 valence electrons. The van der Waals surface area contributed by atoms with Crippen LogP contribution in [0.25, 0.3) is 0 Å². The Morgan fingerprint density at radius 1 is 1.21 bits per heavy atom. The maximum absolute atomic E-state index is 5.73. The molecule has 2 N–H and O–H groups in total. The zero-order chi connectivity index (χ0) is 13.5. The second kappa shape index (κ2) is 7.66. The minimum Gasteiger partial charge on any atom is -0.330 e. The van der Waals surface area contributed by atoms with Gasteiger partial charge in [-0.05, 0) is 56.3 Å². The maximum Gasteiger partial charge on any atom is 0.0233 e. The van der Waals surface area contributed by atoms with Crippen molar-refractivity contribution < 1.29 is 0 Å². The van der Waals surface area contributed by atoms with Gasteiger partial charge in [-0.25, -0.2) is 0 Å². The van der Waals surface area contributed by atoms with Crippen molar-refractivity contribution in [2.24, 2.45) is 17.6 Å². The summed E-state index contributed by atoms with van der Waals surface area (Å²) in [6, 6.07) is 10.8. The van der Waals surface area contributed by atoms with Crippen molar-refractivity contribution in [2.45, 2.75) is 39.2 Å². The van der Waals surface area contributed by atoms with Gasteiger partial charge in [-0.2, -0.15) is 0 Å². The van der Waals surface area contributed by atoms with E-state index in [1.165, 1.54) is 44.3 Å². The number of piperidine rings is 1. The van der Waals surface area contributed by atoms with Gasteiger partial charge in [-0.1, -0.05) is 43.7 Å². The fourth-order valence-electron chi connectivity index (χ4n) is 3.41. The summed E-state index contributed by atoms with van der Waals surface area (Å²) >= 11 is 0. The number of hydrogen-bond acceptors (Lipinski definition) is 2. The summed E-state index contributed by atoms with van der Waals surface area (Å²) in [5.41, 5.74) is 7.17. The van der Waals surface area contributed by atoms with Gasteiger partial charge in [0.15, 0.2) is 0 Å². The molecular weight excluding hydrogens is 232 g/mol. The van der Waals surface area contributed by atoms with Crippen molar-refractivity contribution in [1.82, 2.24) is 4.90 Å². The Morgan fingerprint density at radius 3 is 2.47 bits per heavy atom. The van der Waals surface area contributed by atoms with Crippen LogP contribution in [0.5, 0.6) is 0 Å². The van der Waals surface area contributed by atoms with Crippen LogP contribution in [-0.2, 0) is 6.54 Å². The van der Waals surface area contributed by atoms with E-state index in [1.54, 1.807) is 0 Å². The van der Waals surface area contributed by atoms with Crippen molar-refractivity contribution >= 4 is 0 Å². The number of benzene rings is 1. The van der Waals surface area contributed by atoms with Crippen LogP contribution in [0.1, 0.15) is 38.2 Å². The first kappa shape index (κ1) is 14.5. The molecule has 2 heteroatoms. The fraction of sp³-hybridized carbons (Fsp3) is 0.647. The van der Waals surface area contributed by atoms with Crippen molar-refractivity contribution in [2.75, 3.05) is 19.6 Å². The lowest BCUT2D eigenvalue weighted by atomic mass is 9.81. The quantitative estimate of drug-likeness (QED) is 0.850. The van der Waals surface area contributed by atoms with Crippen LogP contribution in [0.15, 0.2) is 30.3 Å². The highest BCUT2D eigenvalue weighted by atomic mass is 15.1. The van der Waals surface area contributed by atoms with E-state index in [1.807, 2.05) is 0 Å². The normalized spacial score (nSPS) is 19.5. The molecule has 1 aliphatic rings. The van der Waals surface area contributed by atoms with Crippen LogP contribution in [0, 0.1) is 11.8 Å². The molecule has 1 unspecified atom stereocenters. The van der Waals surface area contributed by atoms with E-state index in [9.17, 15) is 0 Å². The van der Waals surface area contributed by atoms with Crippen molar-refractivity contribution in [1.29, 1.82) is 0 Å². The molecule has 1 atom stereocenters. The summed E-state index contributed by atoms with van der Waals surface area (Å²) in [6.45, 7) is 6.78. The van der Waals surface area contributed by atoms with Gasteiger partial charge in [0.25, 0.3) is 0 Å². The Kier molecular flexibility index (Phi) is 5.87. The maximum atomic E-state index is 5.73. The second-order valence-electron chi connectivity index (χ2n) is 5.84. The van der Waals surface area contributed by atoms with Gasteiger partial charge in [-0.3, -0.25) is 4.90 Å². The van der Waals surface area contributed by atoms with Gasteiger partial charge < -0.3 is 5.73 Å². The van der Waals surface area contributed by atoms with Gasteiger partial charge in [-0.15, -0.1) is 0 Å². The predicted octanol–water partition coefficient (Wildman–Crippen LogP) is 3.27. The van der Waals surface area contributed by atoms with Crippen LogP contribution in [0.3, 0.4) is 0 Å². The lowest BCUT2D eigenvalue weighted by Gasteiger charge is -2.36. The molecule has 2 rings (SSSR count). The number of nitrogens with two attached hydrogens (primary N) is 1. The highest BCUT2D eigenvalue weighted by Gasteiger charge is 2.24. The molecule has 0 radical (unpaired) electrons. The minimum atomic E-state index is 0.850. The standard InChI is InChI=1S/C17H28N2/c1-2-16(8-11-18)17-9-12-19(13-10-17)14-15-6-4-3-5-7-15/h3-7,16-17H,2,8-14,18H2,1H3. The van der Waals surface area contributed by atoms with E-state index in [0.717, 1.165) is 24.9 Å². The Labute approximate surface area is 118 Å². The van der Waals surface area contributed by atoms with Crippen molar-refractivity contribution in [3.8, 4) is 0 Å². The van der Waals surface area contributed by atoms with Gasteiger partial charge in [0.2, 0.25) is 0 Å². The Balaban J connectivity index is 1.79. The van der Waals surface area contributed by atoms with Gasteiger partial charge >= 0.3 is 0 Å². The van der Waals surface area contributed by atoms with E-state index in [-0.39, 0.29) is 0 Å². The average molecular weight is 260 g/mol. The summed E-state index contributed by atoms with van der Waals surface area (Å²) in [4.78, 5) is 2.60. The van der Waals surface area contributed by atoms with Crippen LogP contribution in [-0.4, -0.2) is 24.5 Å². The first-order valence-electron chi connectivity index (χ1n) is 7.79. The lowest BCUT2D eigenvalue weighted by Crippen LogP contribution is -2.36. The molecule has 1 heterocycles. The van der Waals surface area contributed by atoms with Crippen LogP contribution >= 0.6 is 0 Å². The minimum absolute atomic E-state index is 0.850. The molecule has 0 aromatic heterocycles. The SMILES string of the molecule is CCC(CCN)C1CCN(Cc2ccccc2)CC1. The Bertz CT molecular complexity index is 342. The first-order chi connectivity index (χ1) is 9.33. The predicted molar refractivity (Wildman–Crippen MR) is 81.9 cm³/mol. The second-order valence-corrected chi connectivity index (χ2v) is 5.84. The molecule has 1 fully saturated rings. The molecule has 0 spiro atoms. The molecule has 0 aliphatic carbocycles. The monoisotopic (exact) mass is 260 g/mol. The smallest absolute Gasteiger partial charge is 0.0233 e. The van der Waals surface area contributed by atoms with Crippen LogP contribution in [0.4, 0.5) is 0 Å². The molecule has 1 aliphatic heterocycles. The van der Waals surface area contributed by atoms with E-state index in [2.05, 4.69) is 42.2 Å². The van der Waals surface area contributed by atoms with E-state index >= 15 is 0 Å². The molecule has 19 heavy (non-hydrogen) atoms. The van der Waals surface area contributed by atoms with Crippen LogP contribution < -0.4 is 5.73 Å². The summed E-state index contributed by atoms with van der Waals surface area (Å²) in [7, 11) is 0. The third-order valence-corrected chi connectivity index (χ3v) is 4.61. The zero-order valence-corrected chi connectivity index (χ0v) is 12.2. The van der Waals surface area contributed by atoms with Crippen LogP contribution in [0.2, 0.25) is 0 Å². The number of likely N-dealkylation sites (tertiary alicyclic amines) is 1. The number of rotatable bonds is 6. The number of hydrogen-bond donors (Lipinski definition) is 1. The highest BCUT2D eigenvalue weighted by molar-refractivity contribution is 5.14. The molecule has 1 aromatic carbocycles. The summed E-state index contributed by atoms with van der Waals surface area (Å²) in [5.74, 6) is 1.75. The third kappa shape index (κ3) is 4.32. The Hall–Kier alpha value is -0.860. The average Bonchev–Trinajstić information content (AvgIpc) is 2.47. The fourth-order valence-corrected chi connectivity index (χ4v) is 3.41. The molecular formula is C17H28N2. The molecule has 1 saturated heterocycles. The van der Waals surface area contributed by atoms with Gasteiger partial charge in [0.05, 0.1) is 0 Å². The zero-order valence-electron chi connectivity index (χ0n) is 12.2. The summed E-state index contributed by atoms with van der Waals surface area (Å²) in [6.07, 6.45) is 5.21. The van der Waals surface area contributed by atoms with E-state index < -0.39 is 0 Å². The third-order valence-electron chi connectivity index (χ3n) is 4.61. The Morgan fingerprint density at radius 2 is 1.89 bits per heavy atom. The highest BCUT2D eigenvalue weighted by Crippen LogP contribution is 2.29. The summed E-state index contributed by atoms with van der Waals surface area (Å²) < 4.78 is 0. The number of nitrogens with zero attached hydrogens (tertiary/aromatic N) is 1. The largest absolute Gasteiger partial charge is 0.330 e. The van der Waals surface area contributed by atoms with Gasteiger partial charge in [0, 0.05) is 6.54 Å². The topological polar surface area (TPSA) is 29.3 Å². The van der Waals surface area contributed by atoms with Crippen molar-refractivity contribution in [3.05, 3.63) is 35.9 Å². The van der Waals surface area contributed by atoms with E-state index in [0.29, 0.717) is 0 Å². The van der Waals surface area contributed by atoms with Gasteiger partial charge in [0.1, 0.15) is 0 Å². The molecule has 0 bridgehead atoms. The van der Waals surface area contributed by atoms with Crippen molar-refractivity contribution in [3.63, 3.8) is 0 Å². The summed E-state index contributed by atoms with van der Waals surface area (Å²) in [5, 5.41) is 0. The first-order valence-corrected chi connectivity index (χ1v) is 7.79. The lowest BCUT2D eigenvalue weighted by molar-refractivity contribution is 0.136. The molecule has 0 amide bonds. The molecule has 0 saturated carbocycles. The molecule has 2 nitrogen and oxygen atoms in total. The molecule has 1 aromatic rings. The van der Waals surface area contributed by atoms with E-state index in [4.69, 9.17) is 5.73 Å².